The topological polar surface area (TPSA) is 0 Å². The predicted molar refractivity (Wildman–Crippen MR) is 179 cm³/mol. The third-order valence-electron chi connectivity index (χ3n) is 8.91. The van der Waals surface area contributed by atoms with Gasteiger partial charge in [0.1, 0.15) is 0 Å². The van der Waals surface area contributed by atoms with Crippen LogP contribution in [0.25, 0.3) is 44.5 Å². The van der Waals surface area contributed by atoms with Crippen LogP contribution in [0.1, 0.15) is 22.3 Å². The van der Waals surface area contributed by atoms with Crippen molar-refractivity contribution in [3.63, 3.8) is 0 Å². The monoisotopic (exact) mass is 545 g/mol. The smallest absolute Gasteiger partial charge is 0.0622 e. The van der Waals surface area contributed by atoms with Crippen LogP contribution >= 0.6 is 0 Å². The minimum Gasteiger partial charge on any atom is -0.0622 e. The zero-order chi connectivity index (χ0) is 28.6. The van der Waals surface area contributed by atoms with Crippen molar-refractivity contribution in [2.45, 2.75) is 5.41 Å². The fourth-order valence-electron chi connectivity index (χ4n) is 7.01. The summed E-state index contributed by atoms with van der Waals surface area (Å²) in [5, 5.41) is 0. The van der Waals surface area contributed by atoms with Gasteiger partial charge in [0.25, 0.3) is 0 Å². The van der Waals surface area contributed by atoms with Gasteiger partial charge in [-0.3, -0.25) is 0 Å². The highest BCUT2D eigenvalue weighted by atomic mass is 14.5. The van der Waals surface area contributed by atoms with Crippen molar-refractivity contribution in [1.29, 1.82) is 0 Å². The van der Waals surface area contributed by atoms with E-state index in [0.717, 1.165) is 0 Å². The number of benzene rings is 7. The molecule has 7 aromatic carbocycles. The molecular weight excluding hydrogens is 516 g/mol. The third kappa shape index (κ3) is 4.07. The molecule has 1 aliphatic rings. The highest BCUT2D eigenvalue weighted by Gasteiger charge is 2.46. The van der Waals surface area contributed by atoms with E-state index in [-0.39, 0.29) is 0 Å². The zero-order valence-electron chi connectivity index (χ0n) is 23.7. The molecule has 0 nitrogen and oxygen atoms in total. The van der Waals surface area contributed by atoms with Crippen LogP contribution in [-0.2, 0) is 5.41 Å². The second-order valence-electron chi connectivity index (χ2n) is 11.2. The summed E-state index contributed by atoms with van der Waals surface area (Å²) in [6.45, 7) is 0. The molecule has 0 heteroatoms. The van der Waals surface area contributed by atoms with E-state index in [1.165, 1.54) is 66.8 Å². The lowest BCUT2D eigenvalue weighted by Gasteiger charge is -2.34. The molecule has 201 valence electrons. The zero-order valence-corrected chi connectivity index (χ0v) is 23.7. The van der Waals surface area contributed by atoms with Crippen LogP contribution in [-0.4, -0.2) is 0 Å². The van der Waals surface area contributed by atoms with E-state index in [2.05, 4.69) is 182 Å². The third-order valence-corrected chi connectivity index (χ3v) is 8.91. The lowest BCUT2D eigenvalue weighted by Crippen LogP contribution is -2.28. The van der Waals surface area contributed by atoms with Crippen LogP contribution in [0, 0.1) is 6.07 Å². The lowest BCUT2D eigenvalue weighted by atomic mass is 9.67. The minimum absolute atomic E-state index is 0.404. The minimum atomic E-state index is -0.404. The summed E-state index contributed by atoms with van der Waals surface area (Å²) in [6, 6.07) is 67.1. The molecule has 0 N–H and O–H groups in total. The Morgan fingerprint density at radius 3 is 1.51 bits per heavy atom. The van der Waals surface area contributed by atoms with Gasteiger partial charge >= 0.3 is 0 Å². The molecule has 0 aromatic heterocycles. The summed E-state index contributed by atoms with van der Waals surface area (Å²) in [5.74, 6) is 0. The first-order valence-electron chi connectivity index (χ1n) is 14.9. The molecule has 0 heterocycles. The Morgan fingerprint density at radius 1 is 0.349 bits per heavy atom. The number of fused-ring (bicyclic) bond motifs is 3. The van der Waals surface area contributed by atoms with E-state index in [9.17, 15) is 0 Å². The van der Waals surface area contributed by atoms with Gasteiger partial charge in [0.05, 0.1) is 5.41 Å². The highest BCUT2D eigenvalue weighted by molar-refractivity contribution is 5.96. The fraction of sp³-hybridized carbons (Fsp3) is 0.0233. The van der Waals surface area contributed by atoms with Gasteiger partial charge in [0.15, 0.2) is 0 Å². The van der Waals surface area contributed by atoms with Gasteiger partial charge in [-0.1, -0.05) is 158 Å². The van der Waals surface area contributed by atoms with Gasteiger partial charge in [0, 0.05) is 0 Å². The van der Waals surface area contributed by atoms with Gasteiger partial charge in [-0.15, -0.1) is 0 Å². The summed E-state index contributed by atoms with van der Waals surface area (Å²) in [7, 11) is 0. The summed E-state index contributed by atoms with van der Waals surface area (Å²) >= 11 is 0. The van der Waals surface area contributed by atoms with Gasteiger partial charge in [-0.2, -0.15) is 0 Å². The SMILES string of the molecule is [c]1cc(-c2ccc(-c3ccccc3)cc2)cc(-c2cccc3c2-c2ccccc2C3(c2ccccc2)c2ccccc2)c1. The largest absolute Gasteiger partial charge is 0.0713 e. The standard InChI is InChI=1S/C43H29/c1-4-14-31(15-5-1)32-26-28-33(29-27-32)34-16-12-17-35(30-34)38-23-13-25-41-42(38)39-22-10-11-24-40(39)43(41,36-18-6-2-7-19-36)37-20-8-3-9-21-37/h1-11,13-30H. The highest BCUT2D eigenvalue weighted by Crippen LogP contribution is 2.58. The second-order valence-corrected chi connectivity index (χ2v) is 11.2. The van der Waals surface area contributed by atoms with Crippen LogP contribution in [0.3, 0.4) is 0 Å². The van der Waals surface area contributed by atoms with Crippen LogP contribution in [0.4, 0.5) is 0 Å². The first kappa shape index (κ1) is 25.3. The number of hydrogen-bond donors (Lipinski definition) is 0. The molecule has 0 fully saturated rings. The predicted octanol–water partition coefficient (Wildman–Crippen LogP) is 10.9. The summed E-state index contributed by atoms with van der Waals surface area (Å²) in [4.78, 5) is 0. The van der Waals surface area contributed by atoms with Crippen LogP contribution in [0.5, 0.6) is 0 Å². The van der Waals surface area contributed by atoms with Crippen LogP contribution < -0.4 is 0 Å². The van der Waals surface area contributed by atoms with E-state index < -0.39 is 5.41 Å². The first-order valence-corrected chi connectivity index (χ1v) is 14.9. The Hall–Kier alpha value is -5.46. The molecule has 0 saturated heterocycles. The van der Waals surface area contributed by atoms with E-state index >= 15 is 0 Å². The van der Waals surface area contributed by atoms with E-state index in [1.54, 1.807) is 0 Å². The molecule has 43 heavy (non-hydrogen) atoms. The van der Waals surface area contributed by atoms with Gasteiger partial charge in [-0.25, -0.2) is 0 Å². The molecular formula is C43H29. The first-order chi connectivity index (χ1) is 21.3. The van der Waals surface area contributed by atoms with Crippen molar-refractivity contribution in [2.24, 2.45) is 0 Å². The molecule has 8 rings (SSSR count). The molecule has 1 aliphatic carbocycles. The Balaban J connectivity index is 1.31. The quantitative estimate of drug-likeness (QED) is 0.202. The lowest BCUT2D eigenvalue weighted by molar-refractivity contribution is 0.768. The molecule has 0 aliphatic heterocycles. The maximum absolute atomic E-state index is 3.47. The maximum atomic E-state index is 3.47. The van der Waals surface area contributed by atoms with Crippen molar-refractivity contribution in [3.8, 4) is 44.5 Å². The van der Waals surface area contributed by atoms with Crippen molar-refractivity contribution in [1.82, 2.24) is 0 Å². The summed E-state index contributed by atoms with van der Waals surface area (Å²) in [6.07, 6.45) is 0. The van der Waals surface area contributed by atoms with Crippen LogP contribution in [0.15, 0.2) is 176 Å². The van der Waals surface area contributed by atoms with Crippen LogP contribution in [0.2, 0.25) is 0 Å². The molecule has 7 aromatic rings. The summed E-state index contributed by atoms with van der Waals surface area (Å²) in [5.41, 5.74) is 14.6. The van der Waals surface area contributed by atoms with Gasteiger partial charge < -0.3 is 0 Å². The van der Waals surface area contributed by atoms with Crippen molar-refractivity contribution < 1.29 is 0 Å². The maximum Gasteiger partial charge on any atom is 0.0713 e. The second kappa shape index (κ2) is 10.4. The molecule has 1 radical (unpaired) electrons. The molecule has 0 atom stereocenters. The average molecular weight is 546 g/mol. The number of rotatable bonds is 5. The molecule has 0 spiro atoms. The Kier molecular flexibility index (Phi) is 6.12. The molecule has 0 unspecified atom stereocenters. The Labute approximate surface area is 253 Å². The van der Waals surface area contributed by atoms with Crippen molar-refractivity contribution in [2.75, 3.05) is 0 Å². The van der Waals surface area contributed by atoms with E-state index in [0.29, 0.717) is 0 Å². The Bertz CT molecular complexity index is 2000. The van der Waals surface area contributed by atoms with E-state index in [4.69, 9.17) is 0 Å². The van der Waals surface area contributed by atoms with Crippen molar-refractivity contribution >= 4 is 0 Å². The molecule has 0 saturated carbocycles. The summed E-state index contributed by atoms with van der Waals surface area (Å²) < 4.78 is 0. The Morgan fingerprint density at radius 2 is 0.837 bits per heavy atom. The van der Waals surface area contributed by atoms with Gasteiger partial charge in [-0.05, 0) is 91.0 Å². The normalized spacial score (nSPS) is 12.8. The number of hydrogen-bond acceptors (Lipinski definition) is 0. The van der Waals surface area contributed by atoms with Gasteiger partial charge in [0.2, 0.25) is 0 Å². The van der Waals surface area contributed by atoms with E-state index in [1.807, 2.05) is 0 Å². The fourth-order valence-corrected chi connectivity index (χ4v) is 7.01. The van der Waals surface area contributed by atoms with Crippen molar-refractivity contribution in [3.05, 3.63) is 204 Å². The average Bonchev–Trinajstić information content (AvgIpc) is 3.41. The molecule has 0 bridgehead atoms. The molecule has 0 amide bonds.